The lowest BCUT2D eigenvalue weighted by Gasteiger charge is -2.30. The molecule has 2 amide bonds. The summed E-state index contributed by atoms with van der Waals surface area (Å²) in [7, 11) is 0. The number of hydrogen-bond donors (Lipinski definition) is 1. The van der Waals surface area contributed by atoms with E-state index >= 15 is 0 Å². The Labute approximate surface area is 151 Å². The maximum absolute atomic E-state index is 12.9. The van der Waals surface area contributed by atoms with Crippen LogP contribution in [0, 0.1) is 6.92 Å². The van der Waals surface area contributed by atoms with E-state index in [0.717, 1.165) is 47.1 Å². The molecule has 1 N–H and O–H groups in total. The third-order valence-electron chi connectivity index (χ3n) is 4.53. The highest BCUT2D eigenvalue weighted by Gasteiger charge is 2.26. The zero-order chi connectivity index (χ0) is 16.9. The van der Waals surface area contributed by atoms with Crippen molar-refractivity contribution in [3.63, 3.8) is 0 Å². The molecule has 3 rings (SSSR count). The molecular weight excluding hydrogens is 366 g/mol. The smallest absolute Gasteiger partial charge is 0.317 e. The number of nitrogens with zero attached hydrogens (tertiary/aromatic N) is 2. The highest BCUT2D eigenvalue weighted by atomic mass is 79.9. The maximum Gasteiger partial charge on any atom is 0.322 e. The van der Waals surface area contributed by atoms with Crippen LogP contribution in [0.2, 0.25) is 0 Å². The summed E-state index contributed by atoms with van der Waals surface area (Å²) in [6.45, 7) is 2.82. The van der Waals surface area contributed by atoms with Gasteiger partial charge in [-0.1, -0.05) is 34.8 Å². The van der Waals surface area contributed by atoms with E-state index in [9.17, 15) is 4.79 Å². The van der Waals surface area contributed by atoms with E-state index in [1.807, 2.05) is 42.2 Å². The van der Waals surface area contributed by atoms with Gasteiger partial charge in [0.05, 0.1) is 6.04 Å². The average Bonchev–Trinajstić information content (AvgIpc) is 2.85. The first-order valence-electron chi connectivity index (χ1n) is 8.39. The van der Waals surface area contributed by atoms with E-state index in [1.165, 1.54) is 6.42 Å². The van der Waals surface area contributed by atoms with Crippen LogP contribution in [0.4, 0.5) is 10.5 Å². The van der Waals surface area contributed by atoms with E-state index in [2.05, 4.69) is 26.2 Å². The first-order chi connectivity index (χ1) is 11.6. The van der Waals surface area contributed by atoms with E-state index in [-0.39, 0.29) is 12.1 Å². The number of carbonyl (C=O) groups excluding carboxylic acids is 1. The number of carbonyl (C=O) groups is 1. The molecule has 1 aliphatic rings. The Bertz CT molecular complexity index is 705. The number of anilines is 1. The monoisotopic (exact) mass is 387 g/mol. The number of nitrogens with one attached hydrogen (secondary N) is 1. The molecule has 1 aromatic heterocycles. The standard InChI is InChI=1S/C19H22BrN3O/c1-14-6-7-16(13-17(14)20)22-19(24)23-12-4-2-3-5-18(23)15-8-10-21-11-9-15/h6-11,13,18H,2-5,12H2,1H3,(H,22,24). The normalized spacial score (nSPS) is 18.1. The Morgan fingerprint density at radius 3 is 2.75 bits per heavy atom. The molecule has 126 valence electrons. The van der Waals surface area contributed by atoms with Gasteiger partial charge in [-0.3, -0.25) is 4.98 Å². The molecule has 4 nitrogen and oxygen atoms in total. The fourth-order valence-corrected chi connectivity index (χ4v) is 3.53. The van der Waals surface area contributed by atoms with Crippen LogP contribution in [0.25, 0.3) is 0 Å². The molecule has 0 bridgehead atoms. The minimum atomic E-state index is -0.0329. The van der Waals surface area contributed by atoms with Crippen molar-refractivity contribution in [2.75, 3.05) is 11.9 Å². The van der Waals surface area contributed by atoms with Gasteiger partial charge in [0.15, 0.2) is 0 Å². The third kappa shape index (κ3) is 3.96. The van der Waals surface area contributed by atoms with Crippen LogP contribution in [0.15, 0.2) is 47.2 Å². The first-order valence-corrected chi connectivity index (χ1v) is 9.18. The highest BCUT2D eigenvalue weighted by molar-refractivity contribution is 9.10. The first kappa shape index (κ1) is 17.0. The molecule has 24 heavy (non-hydrogen) atoms. The van der Waals surface area contributed by atoms with Gasteiger partial charge >= 0.3 is 6.03 Å². The molecule has 1 aliphatic heterocycles. The second-order valence-corrected chi connectivity index (χ2v) is 7.09. The summed E-state index contributed by atoms with van der Waals surface area (Å²) in [5.74, 6) is 0. The summed E-state index contributed by atoms with van der Waals surface area (Å²) in [4.78, 5) is 18.9. The number of amides is 2. The van der Waals surface area contributed by atoms with Crippen molar-refractivity contribution in [1.82, 2.24) is 9.88 Å². The van der Waals surface area contributed by atoms with Crippen molar-refractivity contribution in [3.05, 3.63) is 58.3 Å². The molecule has 2 aromatic rings. The topological polar surface area (TPSA) is 45.2 Å². The summed E-state index contributed by atoms with van der Waals surface area (Å²) in [5, 5.41) is 3.05. The van der Waals surface area contributed by atoms with Crippen molar-refractivity contribution in [2.45, 2.75) is 38.6 Å². The molecule has 1 aromatic carbocycles. The van der Waals surface area contributed by atoms with E-state index in [0.29, 0.717) is 0 Å². The lowest BCUT2D eigenvalue weighted by atomic mass is 10.0. The van der Waals surface area contributed by atoms with Gasteiger partial charge in [-0.05, 0) is 55.2 Å². The van der Waals surface area contributed by atoms with Gasteiger partial charge in [-0.25, -0.2) is 4.79 Å². The van der Waals surface area contributed by atoms with Crippen LogP contribution < -0.4 is 5.32 Å². The van der Waals surface area contributed by atoms with Gasteiger partial charge in [0.1, 0.15) is 0 Å². The van der Waals surface area contributed by atoms with Crippen molar-refractivity contribution in [2.24, 2.45) is 0 Å². The number of halogens is 1. The van der Waals surface area contributed by atoms with Gasteiger partial charge < -0.3 is 10.2 Å². The molecular formula is C19H22BrN3O. The zero-order valence-corrected chi connectivity index (χ0v) is 15.4. The quantitative estimate of drug-likeness (QED) is 0.759. The van der Waals surface area contributed by atoms with Gasteiger partial charge in [0.25, 0.3) is 0 Å². The Morgan fingerprint density at radius 2 is 2.00 bits per heavy atom. The lowest BCUT2D eigenvalue weighted by Crippen LogP contribution is -2.38. The average molecular weight is 388 g/mol. The Hall–Kier alpha value is -1.88. The number of benzene rings is 1. The Kier molecular flexibility index (Phi) is 5.51. The van der Waals surface area contributed by atoms with Gasteiger partial charge in [0, 0.05) is 29.1 Å². The SMILES string of the molecule is Cc1ccc(NC(=O)N2CCCCCC2c2ccncc2)cc1Br. The summed E-state index contributed by atoms with van der Waals surface area (Å²) in [5.41, 5.74) is 3.12. The van der Waals surface area contributed by atoms with Crippen LogP contribution in [0.3, 0.4) is 0 Å². The molecule has 0 saturated carbocycles. The number of urea groups is 1. The fourth-order valence-electron chi connectivity index (χ4n) is 3.15. The minimum absolute atomic E-state index is 0.0329. The summed E-state index contributed by atoms with van der Waals surface area (Å²) < 4.78 is 1.00. The van der Waals surface area contributed by atoms with E-state index < -0.39 is 0 Å². The van der Waals surface area contributed by atoms with Gasteiger partial charge in [-0.15, -0.1) is 0 Å². The second-order valence-electron chi connectivity index (χ2n) is 6.23. The molecule has 5 heteroatoms. The van der Waals surface area contributed by atoms with Crippen LogP contribution in [-0.4, -0.2) is 22.5 Å². The van der Waals surface area contributed by atoms with Crippen molar-refractivity contribution < 1.29 is 4.79 Å². The summed E-state index contributed by atoms with van der Waals surface area (Å²) in [6.07, 6.45) is 7.96. The minimum Gasteiger partial charge on any atom is -0.317 e. The zero-order valence-electron chi connectivity index (χ0n) is 13.8. The van der Waals surface area contributed by atoms with Crippen LogP contribution in [-0.2, 0) is 0 Å². The number of likely N-dealkylation sites (tertiary alicyclic amines) is 1. The number of aromatic nitrogens is 1. The Balaban J connectivity index is 1.80. The molecule has 0 radical (unpaired) electrons. The molecule has 1 atom stereocenters. The van der Waals surface area contributed by atoms with Crippen LogP contribution in [0.1, 0.15) is 42.9 Å². The number of pyridine rings is 1. The van der Waals surface area contributed by atoms with Gasteiger partial charge in [-0.2, -0.15) is 0 Å². The van der Waals surface area contributed by atoms with Crippen molar-refractivity contribution >= 4 is 27.6 Å². The summed E-state index contributed by atoms with van der Waals surface area (Å²) in [6, 6.07) is 10.0. The highest BCUT2D eigenvalue weighted by Crippen LogP contribution is 2.30. The third-order valence-corrected chi connectivity index (χ3v) is 5.38. The molecule has 1 saturated heterocycles. The van der Waals surface area contributed by atoms with E-state index in [4.69, 9.17) is 0 Å². The number of aryl methyl sites for hydroxylation is 1. The van der Waals surface area contributed by atoms with Crippen LogP contribution in [0.5, 0.6) is 0 Å². The van der Waals surface area contributed by atoms with Crippen molar-refractivity contribution in [1.29, 1.82) is 0 Å². The van der Waals surface area contributed by atoms with E-state index in [1.54, 1.807) is 12.4 Å². The molecule has 1 fully saturated rings. The number of rotatable bonds is 2. The molecule has 1 unspecified atom stereocenters. The second kappa shape index (κ2) is 7.79. The fraction of sp³-hybridized carbons (Fsp3) is 0.368. The largest absolute Gasteiger partial charge is 0.322 e. The van der Waals surface area contributed by atoms with Crippen LogP contribution >= 0.6 is 15.9 Å². The summed E-state index contributed by atoms with van der Waals surface area (Å²) >= 11 is 3.52. The predicted molar refractivity (Wildman–Crippen MR) is 100 cm³/mol. The molecule has 0 spiro atoms. The molecule has 0 aliphatic carbocycles. The lowest BCUT2D eigenvalue weighted by molar-refractivity contribution is 0.189. The van der Waals surface area contributed by atoms with Crippen molar-refractivity contribution in [3.8, 4) is 0 Å². The molecule has 2 heterocycles. The predicted octanol–water partition coefficient (Wildman–Crippen LogP) is 5.30. The number of hydrogen-bond acceptors (Lipinski definition) is 2. The maximum atomic E-state index is 12.9. The van der Waals surface area contributed by atoms with Gasteiger partial charge in [0.2, 0.25) is 0 Å². The Morgan fingerprint density at radius 1 is 1.21 bits per heavy atom.